The predicted octanol–water partition coefficient (Wildman–Crippen LogP) is 1.43. The molecule has 0 aliphatic carbocycles. The molecule has 1 N–H and O–H groups in total. The fraction of sp³-hybridized carbons (Fsp3) is 0.455. The molecule has 1 heterocycles. The highest BCUT2D eigenvalue weighted by Gasteiger charge is 2.40. The molecule has 1 saturated heterocycles. The van der Waals surface area contributed by atoms with Gasteiger partial charge in [0.25, 0.3) is 0 Å². The van der Waals surface area contributed by atoms with Crippen LogP contribution in [-0.2, 0) is 16.3 Å². The molecule has 3 nitrogen and oxygen atoms in total. The predicted molar refractivity (Wildman–Crippen MR) is 63.4 cm³/mol. The smallest absolute Gasteiger partial charge is 0.153 e. The van der Waals surface area contributed by atoms with Crippen molar-refractivity contribution in [1.82, 2.24) is 0 Å². The summed E-state index contributed by atoms with van der Waals surface area (Å²) in [6.45, 7) is 0. The minimum absolute atomic E-state index is 0.0804. The first-order valence-corrected chi connectivity index (χ1v) is 7.26. The third-order valence-corrected chi connectivity index (χ3v) is 4.87. The van der Waals surface area contributed by atoms with E-state index in [0.717, 1.165) is 5.56 Å². The fourth-order valence-electron chi connectivity index (χ4n) is 2.02. The number of aliphatic hydroxyl groups is 1. The third-order valence-electron chi connectivity index (χ3n) is 2.81. The lowest BCUT2D eigenvalue weighted by Crippen LogP contribution is -2.32. The molecule has 0 radical (unpaired) electrons. The van der Waals surface area contributed by atoms with Gasteiger partial charge >= 0.3 is 0 Å². The molecule has 1 aliphatic heterocycles. The van der Waals surface area contributed by atoms with E-state index in [-0.39, 0.29) is 11.5 Å². The Morgan fingerprint density at radius 3 is 2.44 bits per heavy atom. The maximum absolute atomic E-state index is 11.3. The molecule has 5 heteroatoms. The zero-order chi connectivity index (χ0) is 11.8. The monoisotopic (exact) mass is 260 g/mol. The van der Waals surface area contributed by atoms with Gasteiger partial charge in [0.05, 0.1) is 17.1 Å². The van der Waals surface area contributed by atoms with Crippen LogP contribution in [0.25, 0.3) is 0 Å². The normalized spacial score (nSPS) is 28.1. The molecule has 0 saturated carbocycles. The molecule has 1 aromatic rings. The number of hydrogen-bond donors (Lipinski definition) is 1. The summed E-state index contributed by atoms with van der Waals surface area (Å²) in [5, 5.41) is 10.8. The second-order valence-corrected chi connectivity index (χ2v) is 6.99. The number of halogens is 1. The number of hydrogen-bond acceptors (Lipinski definition) is 3. The lowest BCUT2D eigenvalue weighted by molar-refractivity contribution is 0.0682. The molecule has 16 heavy (non-hydrogen) atoms. The van der Waals surface area contributed by atoms with Gasteiger partial charge in [-0.15, -0.1) is 0 Å². The van der Waals surface area contributed by atoms with Gasteiger partial charge in [0.15, 0.2) is 9.84 Å². The average molecular weight is 261 g/mol. The second kappa shape index (κ2) is 4.02. The molecule has 0 bridgehead atoms. The van der Waals surface area contributed by atoms with Crippen LogP contribution in [0.5, 0.6) is 0 Å². The van der Waals surface area contributed by atoms with E-state index >= 15 is 0 Å². The molecular weight excluding hydrogens is 248 g/mol. The highest BCUT2D eigenvalue weighted by molar-refractivity contribution is 7.91. The van der Waals surface area contributed by atoms with Crippen LogP contribution in [0.4, 0.5) is 0 Å². The molecule has 0 spiro atoms. The summed E-state index contributed by atoms with van der Waals surface area (Å²) in [7, 11) is -3.06. The van der Waals surface area contributed by atoms with E-state index < -0.39 is 15.4 Å². The largest absolute Gasteiger partial charge is 0.388 e. The summed E-state index contributed by atoms with van der Waals surface area (Å²) in [6, 6.07) is 7.10. The van der Waals surface area contributed by atoms with E-state index in [9.17, 15) is 13.5 Å². The SMILES string of the molecule is O=S1(=O)CCC(O)(Cc2ccc(Cl)cc2)C1. The van der Waals surface area contributed by atoms with Crippen molar-refractivity contribution in [3.8, 4) is 0 Å². The maximum Gasteiger partial charge on any atom is 0.153 e. The molecular formula is C11H13ClO3S. The van der Waals surface area contributed by atoms with Crippen molar-refractivity contribution in [1.29, 1.82) is 0 Å². The van der Waals surface area contributed by atoms with Crippen LogP contribution in [0.15, 0.2) is 24.3 Å². The average Bonchev–Trinajstić information content (AvgIpc) is 2.45. The standard InChI is InChI=1S/C11H13ClO3S/c12-10-3-1-9(2-4-10)7-11(13)5-6-16(14,15)8-11/h1-4,13H,5-8H2. The Bertz CT molecular complexity index is 480. The Labute approximate surface area is 100.0 Å². The van der Waals surface area contributed by atoms with Crippen LogP contribution in [-0.4, -0.2) is 30.6 Å². The molecule has 1 unspecified atom stereocenters. The lowest BCUT2D eigenvalue weighted by atomic mass is 9.94. The van der Waals surface area contributed by atoms with Crippen LogP contribution >= 0.6 is 11.6 Å². The highest BCUT2D eigenvalue weighted by atomic mass is 35.5. The molecule has 2 rings (SSSR count). The van der Waals surface area contributed by atoms with Crippen molar-refractivity contribution in [3.05, 3.63) is 34.9 Å². The topological polar surface area (TPSA) is 54.4 Å². The van der Waals surface area contributed by atoms with Crippen molar-refractivity contribution in [2.75, 3.05) is 11.5 Å². The first kappa shape index (κ1) is 11.9. The van der Waals surface area contributed by atoms with Crippen molar-refractivity contribution in [2.24, 2.45) is 0 Å². The Morgan fingerprint density at radius 1 is 1.31 bits per heavy atom. The van der Waals surface area contributed by atoms with Crippen LogP contribution in [0.3, 0.4) is 0 Å². The maximum atomic E-state index is 11.3. The van der Waals surface area contributed by atoms with Gasteiger partial charge in [0, 0.05) is 11.4 Å². The Balaban J connectivity index is 2.13. The first-order chi connectivity index (χ1) is 7.39. The Kier molecular flexibility index (Phi) is 2.99. The van der Waals surface area contributed by atoms with E-state index in [1.54, 1.807) is 12.1 Å². The molecule has 1 fully saturated rings. The highest BCUT2D eigenvalue weighted by Crippen LogP contribution is 2.27. The van der Waals surface area contributed by atoms with Gasteiger partial charge in [-0.3, -0.25) is 0 Å². The van der Waals surface area contributed by atoms with Gasteiger partial charge in [0.1, 0.15) is 0 Å². The van der Waals surface area contributed by atoms with E-state index in [2.05, 4.69) is 0 Å². The quantitative estimate of drug-likeness (QED) is 0.875. The van der Waals surface area contributed by atoms with E-state index in [1.807, 2.05) is 12.1 Å². The van der Waals surface area contributed by atoms with Gasteiger partial charge in [-0.1, -0.05) is 23.7 Å². The Hall–Kier alpha value is -0.580. The molecule has 0 aromatic heterocycles. The summed E-state index contributed by atoms with van der Waals surface area (Å²) in [6.07, 6.45) is 0.682. The van der Waals surface area contributed by atoms with Crippen molar-refractivity contribution < 1.29 is 13.5 Å². The summed E-state index contributed by atoms with van der Waals surface area (Å²) in [5.41, 5.74) is -0.198. The van der Waals surface area contributed by atoms with Crippen molar-refractivity contribution in [3.63, 3.8) is 0 Å². The summed E-state index contributed by atoms with van der Waals surface area (Å²) >= 11 is 5.75. The van der Waals surface area contributed by atoms with Crippen molar-refractivity contribution >= 4 is 21.4 Å². The Morgan fingerprint density at radius 2 is 1.94 bits per heavy atom. The summed E-state index contributed by atoms with van der Waals surface area (Å²) < 4.78 is 22.6. The summed E-state index contributed by atoms with van der Waals surface area (Å²) in [5.74, 6) is -0.0558. The third kappa shape index (κ3) is 2.75. The summed E-state index contributed by atoms with van der Waals surface area (Å²) in [4.78, 5) is 0. The molecule has 1 atom stereocenters. The van der Waals surface area contributed by atoms with Crippen LogP contribution in [0, 0.1) is 0 Å². The molecule has 1 aliphatic rings. The number of benzene rings is 1. The molecule has 0 amide bonds. The van der Waals surface area contributed by atoms with Gasteiger partial charge in [-0.25, -0.2) is 8.42 Å². The van der Waals surface area contributed by atoms with Gasteiger partial charge in [-0.2, -0.15) is 0 Å². The van der Waals surface area contributed by atoms with Crippen LogP contribution in [0.1, 0.15) is 12.0 Å². The van der Waals surface area contributed by atoms with Crippen LogP contribution in [0.2, 0.25) is 5.02 Å². The van der Waals surface area contributed by atoms with Gasteiger partial charge in [-0.05, 0) is 24.1 Å². The molecule has 1 aromatic carbocycles. The van der Waals surface area contributed by atoms with E-state index in [1.165, 1.54) is 0 Å². The minimum Gasteiger partial charge on any atom is -0.388 e. The van der Waals surface area contributed by atoms with Gasteiger partial charge in [0.2, 0.25) is 0 Å². The zero-order valence-electron chi connectivity index (χ0n) is 8.69. The fourth-order valence-corrected chi connectivity index (χ4v) is 4.05. The lowest BCUT2D eigenvalue weighted by Gasteiger charge is -2.20. The first-order valence-electron chi connectivity index (χ1n) is 5.06. The number of rotatable bonds is 2. The van der Waals surface area contributed by atoms with E-state index in [4.69, 9.17) is 11.6 Å². The van der Waals surface area contributed by atoms with Crippen molar-refractivity contribution in [2.45, 2.75) is 18.4 Å². The molecule has 88 valence electrons. The second-order valence-electron chi connectivity index (χ2n) is 4.37. The minimum atomic E-state index is -3.06. The number of sulfone groups is 1. The van der Waals surface area contributed by atoms with Gasteiger partial charge < -0.3 is 5.11 Å². The van der Waals surface area contributed by atoms with Crippen LogP contribution < -0.4 is 0 Å². The van der Waals surface area contributed by atoms with E-state index in [0.29, 0.717) is 17.9 Å². The zero-order valence-corrected chi connectivity index (χ0v) is 10.3.